The Morgan fingerprint density at radius 1 is 0.962 bits per heavy atom. The predicted molar refractivity (Wildman–Crippen MR) is 296 cm³/mol. The number of rotatable bonds is 14. The van der Waals surface area contributed by atoms with Crippen LogP contribution >= 0.6 is 0 Å². The molecule has 17 atom stereocenters. The van der Waals surface area contributed by atoms with Gasteiger partial charge in [0.2, 0.25) is 17.7 Å². The first-order chi connectivity index (χ1) is 37.3. The Morgan fingerprint density at radius 2 is 1.68 bits per heavy atom. The maximum Gasteiger partial charge on any atom is 0.325 e. The van der Waals surface area contributed by atoms with Crippen molar-refractivity contribution >= 4 is 35.4 Å². The predicted octanol–water partition coefficient (Wildman–Crippen LogP) is 6.08. The molecule has 2 bridgehead atoms. The molecule has 0 aromatic heterocycles. The Bertz CT molecular complexity index is 2380. The number of nitrogens with one attached hydrogen (secondary N) is 4. The summed E-state index contributed by atoms with van der Waals surface area (Å²) < 4.78 is 27.5. The second-order valence-corrected chi connectivity index (χ2v) is 23.3. The third-order valence-corrected chi connectivity index (χ3v) is 16.9. The number of carbonyl (C=O) groups is 6. The van der Waals surface area contributed by atoms with Crippen LogP contribution in [0.5, 0.6) is 0 Å². The van der Waals surface area contributed by atoms with Crippen LogP contribution in [-0.4, -0.2) is 133 Å². The minimum Gasteiger partial charge on any atom is -0.512 e. The number of esters is 1. The van der Waals surface area contributed by atoms with Gasteiger partial charge in [-0.05, 0) is 93.9 Å². The van der Waals surface area contributed by atoms with E-state index in [0.717, 1.165) is 12.2 Å². The topological polar surface area (TPSA) is 273 Å². The van der Waals surface area contributed by atoms with Gasteiger partial charge in [0.25, 0.3) is 5.91 Å². The van der Waals surface area contributed by atoms with Crippen LogP contribution in [0, 0.1) is 47.3 Å². The van der Waals surface area contributed by atoms with Crippen LogP contribution < -0.4 is 21.4 Å². The molecule has 5 aliphatic rings. The number of aliphatic hydroxyl groups excluding tert-OH is 5. The first-order valence-electron chi connectivity index (χ1n) is 28.5. The number of nitrogens with zero attached hydrogens (tertiary/aromatic N) is 1. The highest BCUT2D eigenvalue weighted by Crippen LogP contribution is 2.46. The van der Waals surface area contributed by atoms with E-state index in [2.05, 4.69) is 21.4 Å². The molecule has 1 aliphatic carbocycles. The number of halogens is 1. The van der Waals surface area contributed by atoms with Crippen LogP contribution in [0.2, 0.25) is 0 Å². The van der Waals surface area contributed by atoms with Crippen molar-refractivity contribution < 1.29 is 68.2 Å². The monoisotopic (exact) mass is 1110 g/mol. The summed E-state index contributed by atoms with van der Waals surface area (Å²) in [6, 6.07) is -3.78. The van der Waals surface area contributed by atoms with Crippen LogP contribution in [0.1, 0.15) is 140 Å². The average molecular weight is 1110 g/mol. The molecular formula is C60H90FN5O13. The van der Waals surface area contributed by atoms with E-state index in [-0.39, 0.29) is 91.3 Å². The van der Waals surface area contributed by atoms with Gasteiger partial charge in [0, 0.05) is 67.9 Å². The number of amides is 4. The average Bonchev–Trinajstić information content (AvgIpc) is 3.45. The SMILES string of the molecule is CCC1CC(C)C2(NC1=O)OC(CC(O)C(C)CCC=CC=C(C)C1CC=CC=CC(O)C(C)C(O)C(CCC(C)=O)C(=O)NC(C(C)C)C(=O)NC(C=C3C=C(F)C=C(O)C3)C(=O)N3CCCC(N3)C(=O)O1)C(C)C(O)C2C. The number of hydrogen-bond donors (Lipinski definition) is 9. The highest BCUT2D eigenvalue weighted by atomic mass is 19.1. The summed E-state index contributed by atoms with van der Waals surface area (Å²) in [5.41, 5.74) is 2.79. The number of ether oxygens (including phenoxy) is 2. The molecule has 440 valence electrons. The van der Waals surface area contributed by atoms with Crippen molar-refractivity contribution in [3.63, 3.8) is 0 Å². The first-order valence-corrected chi connectivity index (χ1v) is 28.5. The van der Waals surface area contributed by atoms with E-state index in [0.29, 0.717) is 44.1 Å². The van der Waals surface area contributed by atoms with Gasteiger partial charge in [-0.2, -0.15) is 0 Å². The van der Waals surface area contributed by atoms with E-state index in [1.165, 1.54) is 24.1 Å². The van der Waals surface area contributed by atoms with Crippen molar-refractivity contribution in [2.24, 2.45) is 47.3 Å². The smallest absolute Gasteiger partial charge is 0.325 e. The third-order valence-electron chi connectivity index (χ3n) is 16.9. The number of carbonyl (C=O) groups excluding carboxylic acids is 6. The van der Waals surface area contributed by atoms with Crippen molar-refractivity contribution in [1.82, 2.24) is 26.4 Å². The van der Waals surface area contributed by atoms with E-state index in [4.69, 9.17) is 9.47 Å². The second kappa shape index (κ2) is 29.4. The minimum atomic E-state index is -1.50. The fourth-order valence-electron chi connectivity index (χ4n) is 11.4. The van der Waals surface area contributed by atoms with Gasteiger partial charge in [0.05, 0.1) is 42.2 Å². The van der Waals surface area contributed by atoms with Crippen molar-refractivity contribution in [3.8, 4) is 0 Å². The molecule has 5 rings (SSSR count). The van der Waals surface area contributed by atoms with E-state index in [9.17, 15) is 58.7 Å². The van der Waals surface area contributed by atoms with Crippen molar-refractivity contribution in [1.29, 1.82) is 0 Å². The molecule has 4 heterocycles. The van der Waals surface area contributed by atoms with Gasteiger partial charge in [-0.3, -0.25) is 29.0 Å². The normalized spacial score (nSPS) is 35.4. The van der Waals surface area contributed by atoms with Crippen LogP contribution in [0.25, 0.3) is 0 Å². The zero-order chi connectivity index (χ0) is 58.5. The van der Waals surface area contributed by atoms with Crippen LogP contribution in [0.3, 0.4) is 0 Å². The van der Waals surface area contributed by atoms with Crippen molar-refractivity contribution in [3.05, 3.63) is 83.5 Å². The number of piperidine rings is 1. The number of fused-ring (bicyclic) bond motifs is 2. The zero-order valence-electron chi connectivity index (χ0n) is 47.9. The number of hydrogen-bond acceptors (Lipinski definition) is 14. The van der Waals surface area contributed by atoms with Gasteiger partial charge < -0.3 is 55.8 Å². The lowest BCUT2D eigenvalue weighted by Crippen LogP contribution is -2.71. The maximum absolute atomic E-state index is 14.6. The van der Waals surface area contributed by atoms with E-state index in [1.54, 1.807) is 39.0 Å². The largest absolute Gasteiger partial charge is 0.512 e. The Labute approximate surface area is 466 Å². The number of cyclic esters (lactones) is 1. The van der Waals surface area contributed by atoms with Crippen LogP contribution in [-0.2, 0) is 38.2 Å². The molecule has 19 heteroatoms. The number of ketones is 1. The molecule has 3 fully saturated rings. The van der Waals surface area contributed by atoms with Crippen molar-refractivity contribution in [2.75, 3.05) is 6.54 Å². The maximum atomic E-state index is 14.6. The molecule has 3 saturated heterocycles. The van der Waals surface area contributed by atoms with Crippen LogP contribution in [0.4, 0.5) is 4.39 Å². The number of Topliss-reactive ketones (excluding diaryl/α,β-unsaturated/α-hetero) is 1. The van der Waals surface area contributed by atoms with Gasteiger partial charge in [-0.25, -0.2) is 9.82 Å². The fourth-order valence-corrected chi connectivity index (χ4v) is 11.4. The first kappa shape index (κ1) is 64.5. The molecule has 4 aliphatic heterocycles. The lowest BCUT2D eigenvalue weighted by Gasteiger charge is -2.56. The molecule has 18 nitrogen and oxygen atoms in total. The Balaban J connectivity index is 1.36. The Morgan fingerprint density at radius 3 is 2.35 bits per heavy atom. The highest BCUT2D eigenvalue weighted by molar-refractivity contribution is 5.94. The molecule has 79 heavy (non-hydrogen) atoms. The number of allylic oxidation sites excluding steroid dienone is 9. The van der Waals surface area contributed by atoms with Gasteiger partial charge in [-0.15, -0.1) is 0 Å². The molecular weight excluding hydrogens is 1020 g/mol. The molecule has 0 aromatic carbocycles. The van der Waals surface area contributed by atoms with Gasteiger partial charge in [-0.1, -0.05) is 97.9 Å². The van der Waals surface area contributed by atoms with Crippen LogP contribution in [0.15, 0.2) is 83.5 Å². The lowest BCUT2D eigenvalue weighted by atomic mass is 9.69. The highest BCUT2D eigenvalue weighted by Gasteiger charge is 2.57. The number of hydrazine groups is 1. The summed E-state index contributed by atoms with van der Waals surface area (Å²) in [6.45, 7) is 18.0. The molecule has 0 radical (unpaired) electrons. The Hall–Kier alpha value is -5.31. The zero-order valence-corrected chi connectivity index (χ0v) is 47.9. The van der Waals surface area contributed by atoms with Gasteiger partial charge >= 0.3 is 5.97 Å². The van der Waals surface area contributed by atoms with E-state index >= 15 is 0 Å². The Kier molecular flexibility index (Phi) is 24.0. The molecule has 0 saturated carbocycles. The molecule has 17 unspecified atom stereocenters. The van der Waals surface area contributed by atoms with E-state index < -0.39 is 108 Å². The summed E-state index contributed by atoms with van der Waals surface area (Å²) in [7, 11) is 0. The van der Waals surface area contributed by atoms with Gasteiger partial charge in [0.15, 0.2) is 0 Å². The molecule has 9 N–H and O–H groups in total. The van der Waals surface area contributed by atoms with Gasteiger partial charge in [0.1, 0.15) is 41.6 Å². The number of aliphatic hydroxyl groups is 5. The summed E-state index contributed by atoms with van der Waals surface area (Å²) >= 11 is 0. The van der Waals surface area contributed by atoms with Crippen molar-refractivity contribution in [2.45, 2.75) is 200 Å². The van der Waals surface area contributed by atoms with E-state index in [1.807, 2.05) is 59.8 Å². The summed E-state index contributed by atoms with van der Waals surface area (Å²) in [4.78, 5) is 82.1. The second-order valence-electron chi connectivity index (χ2n) is 23.3. The fraction of sp³-hybridized carbons (Fsp3) is 0.667. The molecule has 4 amide bonds. The third kappa shape index (κ3) is 17.1. The summed E-state index contributed by atoms with van der Waals surface area (Å²) in [6.07, 6.45) is 13.3. The summed E-state index contributed by atoms with van der Waals surface area (Å²) in [5, 5.41) is 65.7. The standard InChI is InChI=1S/C60H90FN5O13/c1-11-42-27-36(6)60(64-55(42)73)40(10)53(71)39(9)51(79-60)32-49(70)34(4)19-14-12-15-20-35(5)50-23-17-13-16-22-48(69)38(8)54(72)45(25-24-37(7)67)56(74)63-52(33(2)3)57(75)62-47(30-41-28-43(61)31-44(68)29-41)58(76)66-26-18-21-46(65-66)59(77)78-50/h12-13,15-17,20,22,28,30-31,33-34,36,38-40,42,45-54,65,68-72H,11,14,18-19,21,23-27,29,32H2,1-10H3,(H,62,75)(H,63,74)(H,64,73). The summed E-state index contributed by atoms with van der Waals surface area (Å²) in [5.74, 6) is -7.98. The molecule has 0 aromatic rings. The minimum absolute atomic E-state index is 0.0349. The lowest BCUT2D eigenvalue weighted by molar-refractivity contribution is -0.267. The quantitative estimate of drug-likeness (QED) is 0.0705. The molecule has 1 spiro atoms.